The van der Waals surface area contributed by atoms with Crippen LogP contribution in [0.4, 0.5) is 5.69 Å². The van der Waals surface area contributed by atoms with Crippen molar-refractivity contribution in [3.63, 3.8) is 0 Å². The van der Waals surface area contributed by atoms with Crippen molar-refractivity contribution in [1.82, 2.24) is 10.6 Å². The molecule has 0 unspecified atom stereocenters. The third-order valence-electron chi connectivity index (χ3n) is 4.92. The highest BCUT2D eigenvalue weighted by Gasteiger charge is 2.08. The molecule has 0 bridgehead atoms. The summed E-state index contributed by atoms with van der Waals surface area (Å²) < 4.78 is 5.13. The van der Waals surface area contributed by atoms with Gasteiger partial charge in [-0.05, 0) is 66.1 Å². The summed E-state index contributed by atoms with van der Waals surface area (Å²) >= 11 is 0. The number of carbonyl (C=O) groups excluding carboxylic acids is 2. The molecular formula is C26H29N3O3. The molecular weight excluding hydrogens is 402 g/mol. The Hall–Kier alpha value is -3.64. The summed E-state index contributed by atoms with van der Waals surface area (Å²) in [5.74, 6) is 0.492. The minimum Gasteiger partial charge on any atom is -0.497 e. The molecule has 6 heteroatoms. The normalized spacial score (nSPS) is 10.4. The van der Waals surface area contributed by atoms with E-state index in [1.165, 1.54) is 0 Å². The molecule has 166 valence electrons. The molecule has 32 heavy (non-hydrogen) atoms. The Balaban J connectivity index is 1.54. The molecule has 3 rings (SSSR count). The monoisotopic (exact) mass is 431 g/mol. The first-order chi connectivity index (χ1) is 15.6. The number of rotatable bonds is 10. The van der Waals surface area contributed by atoms with Crippen molar-refractivity contribution in [1.29, 1.82) is 0 Å². The number of anilines is 1. The first-order valence-electron chi connectivity index (χ1n) is 10.7. The standard InChI is InChI=1S/C26H29N3O3/c1-3-14-28-25(30)22-8-4-6-19(15-22)17-27-18-20-7-5-9-23(16-20)29-26(31)21-10-12-24(32-2)13-11-21/h4-13,15-16,27H,3,14,17-18H2,1-2H3,(H,28,30)(H,29,31). The van der Waals surface area contributed by atoms with Crippen molar-refractivity contribution in [3.8, 4) is 5.75 Å². The first kappa shape index (κ1) is 23.0. The van der Waals surface area contributed by atoms with Crippen LogP contribution in [-0.4, -0.2) is 25.5 Å². The van der Waals surface area contributed by atoms with E-state index in [9.17, 15) is 9.59 Å². The van der Waals surface area contributed by atoms with Gasteiger partial charge in [-0.3, -0.25) is 9.59 Å². The molecule has 3 aromatic carbocycles. The number of methoxy groups -OCH3 is 1. The minimum atomic E-state index is -0.170. The van der Waals surface area contributed by atoms with Crippen LogP contribution in [0.25, 0.3) is 0 Å². The number of hydrogen-bond donors (Lipinski definition) is 3. The second kappa shape index (κ2) is 11.7. The topological polar surface area (TPSA) is 79.5 Å². The quantitative estimate of drug-likeness (QED) is 0.445. The van der Waals surface area contributed by atoms with Crippen LogP contribution in [0.1, 0.15) is 45.2 Å². The van der Waals surface area contributed by atoms with Crippen LogP contribution in [0, 0.1) is 0 Å². The predicted octanol–water partition coefficient (Wildman–Crippen LogP) is 4.38. The van der Waals surface area contributed by atoms with E-state index in [2.05, 4.69) is 16.0 Å². The lowest BCUT2D eigenvalue weighted by Gasteiger charge is -2.10. The van der Waals surface area contributed by atoms with Crippen LogP contribution in [0.5, 0.6) is 5.75 Å². The van der Waals surface area contributed by atoms with Crippen molar-refractivity contribution < 1.29 is 14.3 Å². The lowest BCUT2D eigenvalue weighted by molar-refractivity contribution is 0.0952. The van der Waals surface area contributed by atoms with Gasteiger partial charge in [0.15, 0.2) is 0 Å². The summed E-state index contributed by atoms with van der Waals surface area (Å²) in [5, 5.41) is 9.22. The van der Waals surface area contributed by atoms with Crippen molar-refractivity contribution in [3.05, 3.63) is 95.1 Å². The Morgan fingerprint density at radius 3 is 2.19 bits per heavy atom. The molecule has 0 atom stereocenters. The number of benzene rings is 3. The van der Waals surface area contributed by atoms with Crippen LogP contribution in [0.3, 0.4) is 0 Å². The van der Waals surface area contributed by atoms with Gasteiger partial charge >= 0.3 is 0 Å². The zero-order chi connectivity index (χ0) is 22.8. The molecule has 0 aliphatic rings. The van der Waals surface area contributed by atoms with Crippen molar-refractivity contribution in [2.24, 2.45) is 0 Å². The van der Waals surface area contributed by atoms with Crippen molar-refractivity contribution in [2.75, 3.05) is 19.0 Å². The minimum absolute atomic E-state index is 0.0472. The average Bonchev–Trinajstić information content (AvgIpc) is 2.83. The smallest absolute Gasteiger partial charge is 0.255 e. The summed E-state index contributed by atoms with van der Waals surface area (Å²) in [6.07, 6.45) is 0.909. The van der Waals surface area contributed by atoms with Gasteiger partial charge < -0.3 is 20.7 Å². The van der Waals surface area contributed by atoms with E-state index in [1.54, 1.807) is 31.4 Å². The summed E-state index contributed by atoms with van der Waals surface area (Å²) in [7, 11) is 1.59. The molecule has 6 nitrogen and oxygen atoms in total. The van der Waals surface area contributed by atoms with Gasteiger partial charge in [0.25, 0.3) is 11.8 Å². The maximum Gasteiger partial charge on any atom is 0.255 e. The SMILES string of the molecule is CCCNC(=O)c1cccc(CNCc2cccc(NC(=O)c3ccc(OC)cc3)c2)c1. The maximum atomic E-state index is 12.5. The highest BCUT2D eigenvalue weighted by atomic mass is 16.5. The molecule has 0 saturated carbocycles. The molecule has 0 radical (unpaired) electrons. The van der Waals surface area contributed by atoms with Crippen molar-refractivity contribution in [2.45, 2.75) is 26.4 Å². The Labute approximate surface area is 189 Å². The average molecular weight is 432 g/mol. The van der Waals surface area contributed by atoms with Gasteiger partial charge in [-0.2, -0.15) is 0 Å². The molecule has 2 amide bonds. The Bertz CT molecular complexity index is 1050. The molecule has 3 N–H and O–H groups in total. The van der Waals surface area contributed by atoms with Crippen molar-refractivity contribution >= 4 is 17.5 Å². The molecule has 0 heterocycles. The van der Waals surface area contributed by atoms with Crippen LogP contribution in [-0.2, 0) is 13.1 Å². The summed E-state index contributed by atoms with van der Waals surface area (Å²) in [4.78, 5) is 24.6. The number of amides is 2. The lowest BCUT2D eigenvalue weighted by Crippen LogP contribution is -2.24. The maximum absolute atomic E-state index is 12.5. The molecule has 0 aliphatic carbocycles. The second-order valence-corrected chi connectivity index (χ2v) is 7.44. The van der Waals surface area contributed by atoms with Gasteiger partial charge in [0.1, 0.15) is 5.75 Å². The molecule has 0 spiro atoms. The van der Waals surface area contributed by atoms with Gasteiger partial charge in [-0.1, -0.05) is 31.2 Å². The van der Waals surface area contributed by atoms with Gasteiger partial charge in [0, 0.05) is 36.4 Å². The zero-order valence-electron chi connectivity index (χ0n) is 18.5. The highest BCUT2D eigenvalue weighted by molar-refractivity contribution is 6.04. The predicted molar refractivity (Wildman–Crippen MR) is 127 cm³/mol. The van der Waals surface area contributed by atoms with E-state index >= 15 is 0 Å². The molecule has 0 aromatic heterocycles. The van der Waals surface area contributed by atoms with E-state index in [1.807, 2.05) is 55.5 Å². The fourth-order valence-corrected chi connectivity index (χ4v) is 3.22. The van der Waals surface area contributed by atoms with Gasteiger partial charge in [0.2, 0.25) is 0 Å². The van der Waals surface area contributed by atoms with Gasteiger partial charge in [-0.15, -0.1) is 0 Å². The van der Waals surface area contributed by atoms with E-state index in [-0.39, 0.29) is 11.8 Å². The van der Waals surface area contributed by atoms with Crippen LogP contribution in [0.2, 0.25) is 0 Å². The summed E-state index contributed by atoms with van der Waals surface area (Å²) in [6, 6.07) is 22.3. The first-order valence-corrected chi connectivity index (χ1v) is 10.7. The zero-order valence-corrected chi connectivity index (χ0v) is 18.5. The third-order valence-corrected chi connectivity index (χ3v) is 4.92. The number of carbonyl (C=O) groups is 2. The van der Waals surface area contributed by atoms with E-state index in [4.69, 9.17) is 4.74 Å². The van der Waals surface area contributed by atoms with Crippen LogP contribution in [0.15, 0.2) is 72.8 Å². The molecule has 3 aromatic rings. The molecule has 0 fully saturated rings. The van der Waals surface area contributed by atoms with Crippen LogP contribution < -0.4 is 20.7 Å². The Morgan fingerprint density at radius 2 is 1.50 bits per heavy atom. The van der Waals surface area contributed by atoms with Gasteiger partial charge in [0.05, 0.1) is 7.11 Å². The fourth-order valence-electron chi connectivity index (χ4n) is 3.22. The number of hydrogen-bond acceptors (Lipinski definition) is 4. The Kier molecular flexibility index (Phi) is 8.40. The van der Waals surface area contributed by atoms with E-state index < -0.39 is 0 Å². The third kappa shape index (κ3) is 6.68. The highest BCUT2D eigenvalue weighted by Crippen LogP contribution is 2.15. The van der Waals surface area contributed by atoms with Gasteiger partial charge in [-0.25, -0.2) is 0 Å². The summed E-state index contributed by atoms with van der Waals surface area (Å²) in [5.41, 5.74) is 4.06. The number of ether oxygens (including phenoxy) is 1. The second-order valence-electron chi connectivity index (χ2n) is 7.44. The summed E-state index contributed by atoms with van der Waals surface area (Å²) in [6.45, 7) is 3.97. The molecule has 0 aliphatic heterocycles. The largest absolute Gasteiger partial charge is 0.497 e. The lowest BCUT2D eigenvalue weighted by atomic mass is 10.1. The Morgan fingerprint density at radius 1 is 0.812 bits per heavy atom. The number of nitrogens with one attached hydrogen (secondary N) is 3. The molecule has 0 saturated heterocycles. The fraction of sp³-hybridized carbons (Fsp3) is 0.231. The van der Waals surface area contributed by atoms with E-state index in [0.717, 1.165) is 23.2 Å². The van der Waals surface area contributed by atoms with Crippen LogP contribution >= 0.6 is 0 Å². The van der Waals surface area contributed by atoms with E-state index in [0.29, 0.717) is 36.5 Å².